The molecule has 0 aromatic heterocycles. The zero-order valence-corrected chi connectivity index (χ0v) is 9.38. The summed E-state index contributed by atoms with van der Waals surface area (Å²) < 4.78 is 0. The fraction of sp³-hybridized carbons (Fsp3) is 0.462. The molecule has 0 atom stereocenters. The Bertz CT molecular complexity index is 274. The van der Waals surface area contributed by atoms with Crippen LogP contribution >= 0.6 is 0 Å². The number of hydrogen-bond donors (Lipinski definition) is 0. The lowest BCUT2D eigenvalue weighted by Gasteiger charge is -1.95. The van der Waals surface area contributed by atoms with Crippen LogP contribution in [0.15, 0.2) is 35.5 Å². The van der Waals surface area contributed by atoms with Crippen LogP contribution in [0.3, 0.4) is 0 Å². The molecule has 0 aromatic rings. The first-order chi connectivity index (χ1) is 6.86. The van der Waals surface area contributed by atoms with Crippen molar-refractivity contribution in [2.45, 2.75) is 40.0 Å². The highest BCUT2D eigenvalue weighted by molar-refractivity contribution is 5.35. The maximum atomic E-state index is 8.65. The van der Waals surface area contributed by atoms with Gasteiger partial charge in [0, 0.05) is 12.0 Å². The Morgan fingerprint density at radius 2 is 2.14 bits per heavy atom. The van der Waals surface area contributed by atoms with E-state index in [-0.39, 0.29) is 0 Å². The van der Waals surface area contributed by atoms with Gasteiger partial charge in [-0.05, 0) is 12.5 Å². The van der Waals surface area contributed by atoms with Gasteiger partial charge in [-0.15, -0.1) is 0 Å². The second-order valence-electron chi connectivity index (χ2n) is 2.90. The molecule has 1 aliphatic carbocycles. The number of nitrogens with zero attached hydrogens (tertiary/aromatic N) is 1. The van der Waals surface area contributed by atoms with Crippen LogP contribution in [0.4, 0.5) is 0 Å². The van der Waals surface area contributed by atoms with Crippen LogP contribution in [0.1, 0.15) is 40.0 Å². The molecule has 1 aliphatic rings. The molecule has 0 amide bonds. The van der Waals surface area contributed by atoms with Gasteiger partial charge < -0.3 is 0 Å². The number of nitriles is 1. The molecule has 0 aliphatic heterocycles. The maximum Gasteiger partial charge on any atom is 0.0950 e. The normalized spacial score (nSPS) is 14.1. The molecule has 0 heterocycles. The molecule has 1 nitrogen and oxygen atoms in total. The van der Waals surface area contributed by atoms with Crippen LogP contribution in [0.2, 0.25) is 0 Å². The van der Waals surface area contributed by atoms with E-state index in [2.05, 4.69) is 25.1 Å². The van der Waals surface area contributed by atoms with Crippen molar-refractivity contribution in [1.82, 2.24) is 0 Å². The Hall–Kier alpha value is -1.29. The third-order valence-electron chi connectivity index (χ3n) is 1.87. The van der Waals surface area contributed by atoms with E-state index in [1.54, 1.807) is 0 Å². The third kappa shape index (κ3) is 4.67. The number of hydrogen-bond acceptors (Lipinski definition) is 1. The second-order valence-corrected chi connectivity index (χ2v) is 2.90. The Kier molecular flexibility index (Phi) is 7.55. The predicted octanol–water partition coefficient (Wildman–Crippen LogP) is 4.15. The Balaban J connectivity index is 0.000000791. The van der Waals surface area contributed by atoms with Crippen molar-refractivity contribution in [3.8, 4) is 6.07 Å². The van der Waals surface area contributed by atoms with Gasteiger partial charge in [-0.25, -0.2) is 0 Å². The summed E-state index contributed by atoms with van der Waals surface area (Å²) in [5.41, 5.74) is 2.19. The summed E-state index contributed by atoms with van der Waals surface area (Å²) >= 11 is 0. The molecule has 0 spiro atoms. The smallest absolute Gasteiger partial charge is 0.0950 e. The summed E-state index contributed by atoms with van der Waals surface area (Å²) in [6.07, 6.45) is 11.2. The van der Waals surface area contributed by atoms with Gasteiger partial charge in [0.15, 0.2) is 0 Å². The minimum absolute atomic E-state index is 0.791. The SMILES string of the molecule is CC.CCCC1=CCC(C#N)=CC=C1. The Morgan fingerprint density at radius 3 is 2.71 bits per heavy atom. The summed E-state index contributed by atoms with van der Waals surface area (Å²) in [5.74, 6) is 0. The zero-order valence-electron chi connectivity index (χ0n) is 9.38. The monoisotopic (exact) mass is 189 g/mol. The molecular formula is C13H19N. The molecule has 0 unspecified atom stereocenters. The van der Waals surface area contributed by atoms with Crippen molar-refractivity contribution in [2.75, 3.05) is 0 Å². The Labute approximate surface area is 87.4 Å². The maximum absolute atomic E-state index is 8.65. The van der Waals surface area contributed by atoms with Crippen LogP contribution in [-0.2, 0) is 0 Å². The van der Waals surface area contributed by atoms with Gasteiger partial charge in [0.25, 0.3) is 0 Å². The minimum Gasteiger partial charge on any atom is -0.193 e. The number of rotatable bonds is 2. The van der Waals surface area contributed by atoms with Gasteiger partial charge in [-0.1, -0.05) is 51.0 Å². The van der Waals surface area contributed by atoms with Gasteiger partial charge in [0.1, 0.15) is 0 Å². The average molecular weight is 189 g/mol. The number of allylic oxidation sites excluding steroid dienone is 6. The van der Waals surface area contributed by atoms with E-state index in [4.69, 9.17) is 5.26 Å². The molecule has 0 N–H and O–H groups in total. The first kappa shape index (κ1) is 12.7. The second kappa shape index (κ2) is 8.31. The van der Waals surface area contributed by atoms with Crippen LogP contribution < -0.4 is 0 Å². The lowest BCUT2D eigenvalue weighted by atomic mass is 10.1. The van der Waals surface area contributed by atoms with Gasteiger partial charge in [0.05, 0.1) is 6.07 Å². The fourth-order valence-electron chi connectivity index (χ4n) is 1.22. The first-order valence-corrected chi connectivity index (χ1v) is 5.33. The van der Waals surface area contributed by atoms with Crippen molar-refractivity contribution in [3.05, 3.63) is 35.5 Å². The largest absolute Gasteiger partial charge is 0.193 e. The molecule has 0 saturated heterocycles. The Morgan fingerprint density at radius 1 is 1.43 bits per heavy atom. The molecule has 76 valence electrons. The summed E-state index contributed by atoms with van der Waals surface area (Å²) in [4.78, 5) is 0. The van der Waals surface area contributed by atoms with Crippen molar-refractivity contribution >= 4 is 0 Å². The summed E-state index contributed by atoms with van der Waals surface area (Å²) in [6, 6.07) is 2.17. The standard InChI is InChI=1S/C11H13N.C2H6/c1-2-4-10-5-3-6-11(9-12)8-7-10;1-2/h3,5-7H,2,4,8H2,1H3;1-2H3. The third-order valence-corrected chi connectivity index (χ3v) is 1.87. The highest BCUT2D eigenvalue weighted by Gasteiger charge is 1.97. The van der Waals surface area contributed by atoms with Gasteiger partial charge >= 0.3 is 0 Å². The van der Waals surface area contributed by atoms with E-state index in [1.807, 2.05) is 26.0 Å². The summed E-state index contributed by atoms with van der Waals surface area (Å²) in [7, 11) is 0. The van der Waals surface area contributed by atoms with E-state index < -0.39 is 0 Å². The molecule has 0 bridgehead atoms. The fourth-order valence-corrected chi connectivity index (χ4v) is 1.22. The molecule has 0 radical (unpaired) electrons. The van der Waals surface area contributed by atoms with Gasteiger partial charge in [0.2, 0.25) is 0 Å². The molecule has 14 heavy (non-hydrogen) atoms. The van der Waals surface area contributed by atoms with Crippen LogP contribution in [-0.4, -0.2) is 0 Å². The van der Waals surface area contributed by atoms with Crippen LogP contribution in [0.25, 0.3) is 0 Å². The molecule has 0 saturated carbocycles. The molecule has 1 heteroatoms. The van der Waals surface area contributed by atoms with Crippen LogP contribution in [0.5, 0.6) is 0 Å². The summed E-state index contributed by atoms with van der Waals surface area (Å²) in [5, 5.41) is 8.65. The zero-order chi connectivity index (χ0) is 10.8. The highest BCUT2D eigenvalue weighted by atomic mass is 14.2. The lowest BCUT2D eigenvalue weighted by molar-refractivity contribution is 0.921. The molecule has 0 fully saturated rings. The highest BCUT2D eigenvalue weighted by Crippen LogP contribution is 2.14. The van der Waals surface area contributed by atoms with E-state index in [9.17, 15) is 0 Å². The lowest BCUT2D eigenvalue weighted by Crippen LogP contribution is -1.77. The van der Waals surface area contributed by atoms with Crippen molar-refractivity contribution in [1.29, 1.82) is 5.26 Å². The van der Waals surface area contributed by atoms with E-state index in [1.165, 1.54) is 5.57 Å². The molecular weight excluding hydrogens is 170 g/mol. The van der Waals surface area contributed by atoms with Crippen molar-refractivity contribution in [2.24, 2.45) is 0 Å². The molecule has 1 rings (SSSR count). The van der Waals surface area contributed by atoms with Gasteiger partial charge in [-0.3, -0.25) is 0 Å². The van der Waals surface area contributed by atoms with Gasteiger partial charge in [-0.2, -0.15) is 5.26 Å². The van der Waals surface area contributed by atoms with E-state index in [0.717, 1.165) is 24.8 Å². The topological polar surface area (TPSA) is 23.8 Å². The predicted molar refractivity (Wildman–Crippen MR) is 61.8 cm³/mol. The van der Waals surface area contributed by atoms with E-state index >= 15 is 0 Å². The quantitative estimate of drug-likeness (QED) is 0.640. The molecule has 0 aromatic carbocycles. The summed E-state index contributed by atoms with van der Waals surface area (Å²) in [6.45, 7) is 6.16. The average Bonchev–Trinajstić information content (AvgIpc) is 2.47. The first-order valence-electron chi connectivity index (χ1n) is 5.33. The minimum atomic E-state index is 0.791. The van der Waals surface area contributed by atoms with Crippen LogP contribution in [0, 0.1) is 11.3 Å². The van der Waals surface area contributed by atoms with Crippen molar-refractivity contribution < 1.29 is 0 Å². The van der Waals surface area contributed by atoms with Crippen molar-refractivity contribution in [3.63, 3.8) is 0 Å². The van der Waals surface area contributed by atoms with E-state index in [0.29, 0.717) is 0 Å².